The minimum absolute atomic E-state index is 0.0795. The monoisotopic (exact) mass is 487 g/mol. The number of anilines is 3. The second kappa shape index (κ2) is 11.1. The highest BCUT2D eigenvalue weighted by Gasteiger charge is 2.26. The van der Waals surface area contributed by atoms with Crippen molar-refractivity contribution in [3.63, 3.8) is 0 Å². The van der Waals surface area contributed by atoms with Crippen molar-refractivity contribution < 1.29 is 19.1 Å². The SMILES string of the molecule is C=CC(=O)N1CC[C@@H](Nc2nnc(C(N)=O)c(Nc3ccc(C(=O)OCc4ccccc4)cc3)n2)C1. The smallest absolute Gasteiger partial charge is 0.338 e. The quantitative estimate of drug-likeness (QED) is 0.305. The predicted octanol–water partition coefficient (Wildman–Crippen LogP) is 2.27. The fourth-order valence-corrected chi connectivity index (χ4v) is 3.66. The molecular weight excluding hydrogens is 462 g/mol. The summed E-state index contributed by atoms with van der Waals surface area (Å²) >= 11 is 0. The Kier molecular flexibility index (Phi) is 7.49. The van der Waals surface area contributed by atoms with E-state index in [-0.39, 0.29) is 36.0 Å². The van der Waals surface area contributed by atoms with Gasteiger partial charge in [-0.25, -0.2) is 4.79 Å². The van der Waals surface area contributed by atoms with Crippen molar-refractivity contribution in [3.8, 4) is 0 Å². The van der Waals surface area contributed by atoms with Gasteiger partial charge in [0.1, 0.15) is 6.61 Å². The summed E-state index contributed by atoms with van der Waals surface area (Å²) in [6.07, 6.45) is 1.98. The third-order valence-corrected chi connectivity index (χ3v) is 5.52. The maximum Gasteiger partial charge on any atom is 0.338 e. The van der Waals surface area contributed by atoms with E-state index in [2.05, 4.69) is 32.4 Å². The number of esters is 1. The fourth-order valence-electron chi connectivity index (χ4n) is 3.66. The largest absolute Gasteiger partial charge is 0.457 e. The number of carbonyl (C=O) groups is 3. The number of nitrogens with one attached hydrogen (secondary N) is 2. The molecule has 1 saturated heterocycles. The molecule has 11 heteroatoms. The van der Waals surface area contributed by atoms with Crippen LogP contribution in [0.2, 0.25) is 0 Å². The molecule has 3 aromatic rings. The van der Waals surface area contributed by atoms with Crippen molar-refractivity contribution in [1.29, 1.82) is 0 Å². The summed E-state index contributed by atoms with van der Waals surface area (Å²) in [4.78, 5) is 42.0. The van der Waals surface area contributed by atoms with Crippen LogP contribution in [-0.2, 0) is 16.1 Å². The lowest BCUT2D eigenvalue weighted by atomic mass is 10.2. The topological polar surface area (TPSA) is 152 Å². The number of hydrogen-bond acceptors (Lipinski definition) is 9. The molecule has 1 aromatic heterocycles. The number of hydrogen-bond donors (Lipinski definition) is 3. The van der Waals surface area contributed by atoms with Gasteiger partial charge in [0, 0.05) is 24.8 Å². The molecule has 0 radical (unpaired) electrons. The molecule has 36 heavy (non-hydrogen) atoms. The van der Waals surface area contributed by atoms with Gasteiger partial charge in [0.2, 0.25) is 11.9 Å². The number of ether oxygens (including phenoxy) is 1. The number of rotatable bonds is 9. The van der Waals surface area contributed by atoms with E-state index in [9.17, 15) is 14.4 Å². The first kappa shape index (κ1) is 24.3. The molecule has 1 aliphatic rings. The lowest BCUT2D eigenvalue weighted by molar-refractivity contribution is -0.125. The highest BCUT2D eigenvalue weighted by molar-refractivity contribution is 5.96. The van der Waals surface area contributed by atoms with Gasteiger partial charge in [0.05, 0.1) is 5.56 Å². The Hall–Kier alpha value is -4.80. The molecule has 1 atom stereocenters. The number of amides is 2. The molecule has 184 valence electrons. The van der Waals surface area contributed by atoms with Gasteiger partial charge in [-0.05, 0) is 42.3 Å². The van der Waals surface area contributed by atoms with E-state index in [1.54, 1.807) is 29.2 Å². The molecule has 0 aliphatic carbocycles. The first-order chi connectivity index (χ1) is 17.4. The number of likely N-dealkylation sites (tertiary alicyclic amines) is 1. The molecule has 4 rings (SSSR count). The second-order valence-electron chi connectivity index (χ2n) is 8.08. The lowest BCUT2D eigenvalue weighted by Gasteiger charge is -2.16. The van der Waals surface area contributed by atoms with E-state index < -0.39 is 11.9 Å². The highest BCUT2D eigenvalue weighted by atomic mass is 16.5. The van der Waals surface area contributed by atoms with Crippen molar-refractivity contribution in [2.45, 2.75) is 19.1 Å². The van der Waals surface area contributed by atoms with E-state index in [1.165, 1.54) is 6.08 Å². The maximum atomic E-state index is 12.4. The summed E-state index contributed by atoms with van der Waals surface area (Å²) in [5.74, 6) is -1.11. The molecular formula is C25H25N7O4. The number of nitrogens with zero attached hydrogens (tertiary/aromatic N) is 4. The van der Waals surface area contributed by atoms with Crippen molar-refractivity contribution in [1.82, 2.24) is 20.1 Å². The van der Waals surface area contributed by atoms with Crippen LogP contribution in [0.1, 0.15) is 32.8 Å². The van der Waals surface area contributed by atoms with Crippen molar-refractivity contribution in [2.75, 3.05) is 23.7 Å². The van der Waals surface area contributed by atoms with Crippen LogP contribution in [0.3, 0.4) is 0 Å². The standard InChI is InChI=1S/C25H25N7O4/c1-2-20(33)32-13-12-19(14-32)28-25-29-23(21(22(26)34)30-31-25)27-18-10-8-17(9-11-18)24(35)36-15-16-6-4-3-5-7-16/h2-11,19H,1,12-15H2,(H2,26,34)(H2,27,28,29,31)/t19-/m1/s1. The average molecular weight is 488 g/mol. The molecule has 0 unspecified atom stereocenters. The van der Waals surface area contributed by atoms with E-state index in [0.717, 1.165) is 5.56 Å². The fraction of sp³-hybridized carbons (Fsp3) is 0.200. The molecule has 11 nitrogen and oxygen atoms in total. The van der Waals surface area contributed by atoms with E-state index >= 15 is 0 Å². The van der Waals surface area contributed by atoms with Gasteiger partial charge in [-0.1, -0.05) is 36.9 Å². The number of aromatic nitrogens is 3. The van der Waals surface area contributed by atoms with Crippen molar-refractivity contribution in [3.05, 3.63) is 84.1 Å². The number of nitrogens with two attached hydrogens (primary N) is 1. The molecule has 2 amide bonds. The zero-order valence-corrected chi connectivity index (χ0v) is 19.4. The molecule has 4 N–H and O–H groups in total. The van der Waals surface area contributed by atoms with Crippen molar-refractivity contribution >= 4 is 35.2 Å². The van der Waals surface area contributed by atoms with E-state index in [0.29, 0.717) is 30.8 Å². The number of benzene rings is 2. The van der Waals surface area contributed by atoms with Crippen LogP contribution in [0.15, 0.2) is 67.3 Å². The summed E-state index contributed by atoms with van der Waals surface area (Å²) in [7, 11) is 0. The Morgan fingerprint density at radius 3 is 2.56 bits per heavy atom. The maximum absolute atomic E-state index is 12.4. The minimum atomic E-state index is -0.797. The van der Waals surface area contributed by atoms with Gasteiger partial charge in [0.25, 0.3) is 5.91 Å². The van der Waals surface area contributed by atoms with E-state index in [4.69, 9.17) is 10.5 Å². The number of primary amides is 1. The summed E-state index contributed by atoms with van der Waals surface area (Å²) in [6, 6.07) is 15.8. The Balaban J connectivity index is 1.42. The van der Waals surface area contributed by atoms with Crippen molar-refractivity contribution in [2.24, 2.45) is 5.73 Å². The van der Waals surface area contributed by atoms with Gasteiger partial charge in [-0.3, -0.25) is 9.59 Å². The Morgan fingerprint density at radius 1 is 1.11 bits per heavy atom. The van der Waals surface area contributed by atoms with Crippen LogP contribution in [0.4, 0.5) is 17.5 Å². The Morgan fingerprint density at radius 2 is 1.86 bits per heavy atom. The van der Waals surface area contributed by atoms with Crippen LogP contribution in [0, 0.1) is 0 Å². The molecule has 0 spiro atoms. The van der Waals surface area contributed by atoms with Crippen LogP contribution in [0.5, 0.6) is 0 Å². The van der Waals surface area contributed by atoms with Gasteiger partial charge in [-0.15, -0.1) is 10.2 Å². The van der Waals surface area contributed by atoms with Gasteiger partial charge in [-0.2, -0.15) is 4.98 Å². The number of carbonyl (C=O) groups excluding carboxylic acids is 3. The summed E-state index contributed by atoms with van der Waals surface area (Å²) in [5, 5.41) is 14.0. The molecule has 2 heterocycles. The molecule has 1 aliphatic heterocycles. The summed E-state index contributed by atoms with van der Waals surface area (Å²) < 4.78 is 5.34. The first-order valence-corrected chi connectivity index (χ1v) is 11.2. The second-order valence-corrected chi connectivity index (χ2v) is 8.08. The molecule has 1 fully saturated rings. The first-order valence-electron chi connectivity index (χ1n) is 11.2. The zero-order chi connectivity index (χ0) is 25.5. The van der Waals surface area contributed by atoms with Gasteiger partial charge >= 0.3 is 5.97 Å². The zero-order valence-electron chi connectivity index (χ0n) is 19.4. The highest BCUT2D eigenvalue weighted by Crippen LogP contribution is 2.21. The summed E-state index contributed by atoms with van der Waals surface area (Å²) in [6.45, 7) is 4.73. The Bertz CT molecular complexity index is 1270. The molecule has 0 saturated carbocycles. The lowest BCUT2D eigenvalue weighted by Crippen LogP contribution is -2.30. The minimum Gasteiger partial charge on any atom is -0.457 e. The summed E-state index contributed by atoms with van der Waals surface area (Å²) in [5.41, 5.74) is 7.11. The van der Waals surface area contributed by atoms with E-state index in [1.807, 2.05) is 30.3 Å². The Labute approximate surface area is 207 Å². The predicted molar refractivity (Wildman–Crippen MR) is 132 cm³/mol. The average Bonchev–Trinajstić information content (AvgIpc) is 3.36. The normalized spacial score (nSPS) is 14.7. The van der Waals surface area contributed by atoms with Crippen LogP contribution in [0.25, 0.3) is 0 Å². The molecule has 0 bridgehead atoms. The third-order valence-electron chi connectivity index (χ3n) is 5.52. The van der Waals surface area contributed by atoms with Gasteiger partial charge in [0.15, 0.2) is 11.5 Å². The van der Waals surface area contributed by atoms with Crippen LogP contribution >= 0.6 is 0 Å². The van der Waals surface area contributed by atoms with Gasteiger partial charge < -0.3 is 26.0 Å². The molecule has 2 aromatic carbocycles. The third kappa shape index (κ3) is 6.00. The van der Waals surface area contributed by atoms with Crippen LogP contribution in [-0.4, -0.2) is 57.0 Å². The van der Waals surface area contributed by atoms with Crippen LogP contribution < -0.4 is 16.4 Å².